The molecule has 0 bridgehead atoms. The van der Waals surface area contributed by atoms with Crippen molar-refractivity contribution < 1.29 is 0 Å². The van der Waals surface area contributed by atoms with Crippen LogP contribution in [0.4, 0.5) is 0 Å². The number of aliphatic imine (C=N–C) groups is 1. The van der Waals surface area contributed by atoms with Gasteiger partial charge in [0.25, 0.3) is 0 Å². The van der Waals surface area contributed by atoms with Gasteiger partial charge in [-0.2, -0.15) is 0 Å². The second-order valence-electron chi connectivity index (χ2n) is 5.48. The Morgan fingerprint density at radius 2 is 2.00 bits per heavy atom. The molecule has 0 aromatic heterocycles. The Kier molecular flexibility index (Phi) is 7.13. The van der Waals surface area contributed by atoms with Gasteiger partial charge in [-0.05, 0) is 39.7 Å². The molecule has 0 spiro atoms. The standard InChI is InChI=1S/C14H26N4.HI/c1-11(18(3)13-8-9-13)10-16-14(15-2)17-12-6-4-5-7-12;/h4-5,11-13H,6-10H2,1-3H3,(H2,15,16,17);1H. The van der Waals surface area contributed by atoms with Crippen molar-refractivity contribution in [2.75, 3.05) is 20.6 Å². The molecule has 0 heterocycles. The number of halogens is 1. The van der Waals surface area contributed by atoms with Crippen molar-refractivity contribution in [1.29, 1.82) is 0 Å². The maximum Gasteiger partial charge on any atom is 0.191 e. The van der Waals surface area contributed by atoms with Crippen molar-refractivity contribution in [3.05, 3.63) is 12.2 Å². The minimum absolute atomic E-state index is 0. The minimum Gasteiger partial charge on any atom is -0.355 e. The highest BCUT2D eigenvalue weighted by Gasteiger charge is 2.29. The van der Waals surface area contributed by atoms with E-state index in [4.69, 9.17) is 0 Å². The van der Waals surface area contributed by atoms with Crippen LogP contribution >= 0.6 is 24.0 Å². The van der Waals surface area contributed by atoms with Gasteiger partial charge in [0.2, 0.25) is 0 Å². The van der Waals surface area contributed by atoms with Gasteiger partial charge in [-0.25, -0.2) is 0 Å². The molecule has 1 atom stereocenters. The first kappa shape index (κ1) is 16.8. The molecule has 2 rings (SSSR count). The molecule has 0 aliphatic heterocycles. The molecule has 19 heavy (non-hydrogen) atoms. The van der Waals surface area contributed by atoms with Crippen molar-refractivity contribution >= 4 is 29.9 Å². The van der Waals surface area contributed by atoms with Crippen LogP contribution in [0.25, 0.3) is 0 Å². The molecular formula is C14H27IN4. The van der Waals surface area contributed by atoms with Crippen LogP contribution in [0.15, 0.2) is 17.1 Å². The summed E-state index contributed by atoms with van der Waals surface area (Å²) in [7, 11) is 4.06. The Labute approximate surface area is 134 Å². The van der Waals surface area contributed by atoms with E-state index in [0.717, 1.165) is 31.4 Å². The van der Waals surface area contributed by atoms with Crippen LogP contribution in [0.3, 0.4) is 0 Å². The van der Waals surface area contributed by atoms with E-state index in [1.54, 1.807) is 0 Å². The van der Waals surface area contributed by atoms with E-state index in [-0.39, 0.29) is 24.0 Å². The van der Waals surface area contributed by atoms with Gasteiger partial charge in [-0.15, -0.1) is 24.0 Å². The summed E-state index contributed by atoms with van der Waals surface area (Å²) >= 11 is 0. The van der Waals surface area contributed by atoms with Crippen LogP contribution in [0.2, 0.25) is 0 Å². The summed E-state index contributed by atoms with van der Waals surface area (Å²) in [4.78, 5) is 6.76. The first-order valence-electron chi connectivity index (χ1n) is 7.05. The van der Waals surface area contributed by atoms with Gasteiger partial charge in [0.05, 0.1) is 0 Å². The highest BCUT2D eigenvalue weighted by molar-refractivity contribution is 14.0. The molecule has 0 radical (unpaired) electrons. The zero-order valence-electron chi connectivity index (χ0n) is 12.2. The van der Waals surface area contributed by atoms with E-state index in [2.05, 4.69) is 46.6 Å². The van der Waals surface area contributed by atoms with E-state index in [1.807, 2.05) is 7.05 Å². The summed E-state index contributed by atoms with van der Waals surface area (Å²) in [5, 5.41) is 6.89. The fourth-order valence-corrected chi connectivity index (χ4v) is 2.35. The highest BCUT2D eigenvalue weighted by Crippen LogP contribution is 2.26. The molecule has 0 aromatic carbocycles. The number of nitrogens with one attached hydrogen (secondary N) is 2. The van der Waals surface area contributed by atoms with E-state index in [0.29, 0.717) is 12.1 Å². The fraction of sp³-hybridized carbons (Fsp3) is 0.786. The van der Waals surface area contributed by atoms with Crippen LogP contribution in [0.5, 0.6) is 0 Å². The molecule has 1 fully saturated rings. The summed E-state index contributed by atoms with van der Waals surface area (Å²) in [6, 6.07) is 1.89. The van der Waals surface area contributed by atoms with Gasteiger partial charge in [0.1, 0.15) is 0 Å². The molecule has 5 heteroatoms. The maximum absolute atomic E-state index is 4.29. The van der Waals surface area contributed by atoms with Crippen molar-refractivity contribution in [1.82, 2.24) is 15.5 Å². The van der Waals surface area contributed by atoms with Crippen molar-refractivity contribution in [3.63, 3.8) is 0 Å². The second-order valence-corrected chi connectivity index (χ2v) is 5.48. The first-order chi connectivity index (χ1) is 8.70. The van der Waals surface area contributed by atoms with Crippen molar-refractivity contribution in [2.24, 2.45) is 4.99 Å². The van der Waals surface area contributed by atoms with Crippen LogP contribution in [0, 0.1) is 0 Å². The van der Waals surface area contributed by atoms with E-state index in [1.165, 1.54) is 12.8 Å². The minimum atomic E-state index is 0. The molecule has 0 aromatic rings. The van der Waals surface area contributed by atoms with Crippen LogP contribution in [-0.2, 0) is 0 Å². The molecule has 110 valence electrons. The summed E-state index contributed by atoms with van der Waals surface area (Å²) in [6.07, 6.45) is 9.41. The lowest BCUT2D eigenvalue weighted by Crippen LogP contribution is -2.47. The van der Waals surface area contributed by atoms with E-state index in [9.17, 15) is 0 Å². The molecular weight excluding hydrogens is 351 g/mol. The second kappa shape index (κ2) is 8.09. The summed E-state index contributed by atoms with van der Waals surface area (Å²) < 4.78 is 0. The summed E-state index contributed by atoms with van der Waals surface area (Å²) in [5.74, 6) is 0.930. The average Bonchev–Trinajstić information content (AvgIpc) is 3.11. The van der Waals surface area contributed by atoms with Gasteiger partial charge in [-0.1, -0.05) is 12.2 Å². The Hall–Kier alpha value is -0.300. The normalized spacial score (nSPS) is 21.4. The molecule has 1 unspecified atom stereocenters. The van der Waals surface area contributed by atoms with Crippen LogP contribution < -0.4 is 10.6 Å². The fourth-order valence-electron chi connectivity index (χ4n) is 2.35. The van der Waals surface area contributed by atoms with Gasteiger partial charge in [0, 0.05) is 31.7 Å². The summed E-state index contributed by atoms with van der Waals surface area (Å²) in [6.45, 7) is 3.22. The number of guanidine groups is 1. The molecule has 0 amide bonds. The van der Waals surface area contributed by atoms with Gasteiger partial charge in [-0.3, -0.25) is 9.89 Å². The number of rotatable bonds is 5. The average molecular weight is 378 g/mol. The highest BCUT2D eigenvalue weighted by atomic mass is 127. The number of hydrogen-bond donors (Lipinski definition) is 2. The zero-order valence-corrected chi connectivity index (χ0v) is 14.6. The maximum atomic E-state index is 4.29. The van der Waals surface area contributed by atoms with Crippen molar-refractivity contribution in [3.8, 4) is 0 Å². The molecule has 1 saturated carbocycles. The lowest BCUT2D eigenvalue weighted by molar-refractivity contribution is 0.247. The van der Waals surface area contributed by atoms with Gasteiger partial charge >= 0.3 is 0 Å². The SMILES string of the molecule is CN=C(NCC(C)N(C)C1CC1)NC1CC=CC1.I. The lowest BCUT2D eigenvalue weighted by Gasteiger charge is -2.26. The smallest absolute Gasteiger partial charge is 0.191 e. The Morgan fingerprint density at radius 1 is 1.37 bits per heavy atom. The predicted molar refractivity (Wildman–Crippen MR) is 92.3 cm³/mol. The Bertz CT molecular complexity index is 317. The van der Waals surface area contributed by atoms with Gasteiger partial charge in [0.15, 0.2) is 5.96 Å². The van der Waals surface area contributed by atoms with Crippen LogP contribution in [-0.4, -0.2) is 49.6 Å². The van der Waals surface area contributed by atoms with Gasteiger partial charge < -0.3 is 10.6 Å². The van der Waals surface area contributed by atoms with E-state index >= 15 is 0 Å². The molecule has 0 saturated heterocycles. The predicted octanol–water partition coefficient (Wildman–Crippen LogP) is 1.97. The van der Waals surface area contributed by atoms with E-state index < -0.39 is 0 Å². The topological polar surface area (TPSA) is 39.7 Å². The van der Waals surface area contributed by atoms with Crippen LogP contribution in [0.1, 0.15) is 32.6 Å². The first-order valence-corrected chi connectivity index (χ1v) is 7.05. The number of hydrogen-bond acceptors (Lipinski definition) is 2. The number of likely N-dealkylation sites (N-methyl/N-ethyl adjacent to an activating group) is 1. The lowest BCUT2D eigenvalue weighted by atomic mass is 10.2. The molecule has 2 aliphatic rings. The third-order valence-electron chi connectivity index (χ3n) is 3.96. The summed E-state index contributed by atoms with van der Waals surface area (Å²) in [5.41, 5.74) is 0. The molecule has 2 N–H and O–H groups in total. The zero-order chi connectivity index (χ0) is 13.0. The Balaban J connectivity index is 0.00000180. The Morgan fingerprint density at radius 3 is 2.53 bits per heavy atom. The van der Waals surface area contributed by atoms with Crippen molar-refractivity contribution in [2.45, 2.75) is 50.7 Å². The largest absolute Gasteiger partial charge is 0.355 e. The quantitative estimate of drug-likeness (QED) is 0.333. The molecule has 2 aliphatic carbocycles. The monoisotopic (exact) mass is 378 g/mol. The third-order valence-corrected chi connectivity index (χ3v) is 3.96. The number of nitrogens with zero attached hydrogens (tertiary/aromatic N) is 2. The third kappa shape index (κ3) is 5.30. The molecule has 4 nitrogen and oxygen atoms in total.